The predicted molar refractivity (Wildman–Crippen MR) is 115 cm³/mol. The molecule has 30 heavy (non-hydrogen) atoms. The lowest BCUT2D eigenvalue weighted by atomic mass is 9.99. The van der Waals surface area contributed by atoms with E-state index in [4.69, 9.17) is 4.74 Å². The van der Waals surface area contributed by atoms with E-state index in [2.05, 4.69) is 21.0 Å². The van der Waals surface area contributed by atoms with Crippen molar-refractivity contribution in [3.8, 4) is 0 Å². The second kappa shape index (κ2) is 7.98. The molecule has 1 unspecified atom stereocenters. The molecular formula is C22H29N3O4S. The monoisotopic (exact) mass is 431 g/mol. The number of likely N-dealkylation sites (tertiary alicyclic amines) is 1. The summed E-state index contributed by atoms with van der Waals surface area (Å²) in [6.07, 6.45) is 9.78. The predicted octanol–water partition coefficient (Wildman–Crippen LogP) is 2.49. The molecule has 2 amide bonds. The number of sulfonamides is 1. The molecule has 0 radical (unpaired) electrons. The highest BCUT2D eigenvalue weighted by Crippen LogP contribution is 2.38. The van der Waals surface area contributed by atoms with Crippen LogP contribution in [0.3, 0.4) is 0 Å². The summed E-state index contributed by atoms with van der Waals surface area (Å²) in [5.74, 6) is 0. The van der Waals surface area contributed by atoms with Gasteiger partial charge in [0.05, 0.1) is 19.3 Å². The Bertz CT molecular complexity index is 952. The van der Waals surface area contributed by atoms with Crippen molar-refractivity contribution >= 4 is 21.7 Å². The van der Waals surface area contributed by atoms with Gasteiger partial charge in [0, 0.05) is 17.1 Å². The smallest absolute Gasteiger partial charge is 0.333 e. The molecule has 1 aromatic carbocycles. The highest BCUT2D eigenvalue weighted by molar-refractivity contribution is 7.92. The molecule has 7 nitrogen and oxygen atoms in total. The SMILES string of the molecule is O=C(Nc1c2c(cc3c1CCC3)CCC2)NS(=O)(=O)/C=C/C1CCCN1C1COC1. The zero-order valence-corrected chi connectivity index (χ0v) is 18.0. The fourth-order valence-electron chi connectivity index (χ4n) is 5.35. The molecule has 5 rings (SSSR count). The summed E-state index contributed by atoms with van der Waals surface area (Å²) in [4.78, 5) is 14.9. The van der Waals surface area contributed by atoms with E-state index in [1.165, 1.54) is 22.3 Å². The maximum Gasteiger partial charge on any atom is 0.333 e. The quantitative estimate of drug-likeness (QED) is 0.748. The highest BCUT2D eigenvalue weighted by atomic mass is 32.2. The normalized spacial score (nSPS) is 24.1. The Morgan fingerprint density at radius 3 is 2.40 bits per heavy atom. The summed E-state index contributed by atoms with van der Waals surface area (Å²) < 4.78 is 32.5. The molecule has 1 atom stereocenters. The zero-order valence-electron chi connectivity index (χ0n) is 17.2. The van der Waals surface area contributed by atoms with Crippen molar-refractivity contribution in [2.24, 2.45) is 0 Å². The first-order valence-corrected chi connectivity index (χ1v) is 12.6. The van der Waals surface area contributed by atoms with Crippen LogP contribution in [0.4, 0.5) is 10.5 Å². The van der Waals surface area contributed by atoms with Crippen LogP contribution in [0.25, 0.3) is 0 Å². The van der Waals surface area contributed by atoms with Gasteiger partial charge in [0.25, 0.3) is 10.0 Å². The van der Waals surface area contributed by atoms with E-state index in [1.807, 2.05) is 0 Å². The van der Waals surface area contributed by atoms with Gasteiger partial charge in [0.1, 0.15) is 0 Å². The number of hydrogen-bond donors (Lipinski definition) is 2. The zero-order chi connectivity index (χ0) is 20.7. The number of benzene rings is 1. The number of hydrogen-bond acceptors (Lipinski definition) is 5. The number of rotatable bonds is 5. The lowest BCUT2D eigenvalue weighted by Crippen LogP contribution is -2.50. The largest absolute Gasteiger partial charge is 0.378 e. The first kappa shape index (κ1) is 20.0. The lowest BCUT2D eigenvalue weighted by molar-refractivity contribution is -0.0642. The second-order valence-electron chi connectivity index (χ2n) is 8.80. The van der Waals surface area contributed by atoms with Gasteiger partial charge in [0.15, 0.2) is 0 Å². The standard InChI is InChI=1S/C22H29N3O4S/c26-22(23-21-19-7-1-4-15(19)12-16-5-2-8-20(16)21)24-30(27,28)11-9-17-6-3-10-25(17)18-13-29-14-18/h9,11-12,17-18H,1-8,10,13-14H2,(H2,23,24,26)/b11-9+. The Balaban J connectivity index is 1.27. The Morgan fingerprint density at radius 2 is 1.77 bits per heavy atom. The van der Waals surface area contributed by atoms with Gasteiger partial charge >= 0.3 is 6.03 Å². The van der Waals surface area contributed by atoms with Gasteiger partial charge in [-0.15, -0.1) is 0 Å². The van der Waals surface area contributed by atoms with Crippen LogP contribution >= 0.6 is 0 Å². The molecule has 1 aromatic rings. The van der Waals surface area contributed by atoms with Crippen molar-refractivity contribution in [2.75, 3.05) is 25.1 Å². The number of aryl methyl sites for hydroxylation is 2. The van der Waals surface area contributed by atoms with Gasteiger partial charge in [-0.1, -0.05) is 12.1 Å². The molecule has 0 aromatic heterocycles. The first-order chi connectivity index (χ1) is 14.5. The topological polar surface area (TPSA) is 87.7 Å². The summed E-state index contributed by atoms with van der Waals surface area (Å²) in [6, 6.07) is 2.07. The van der Waals surface area contributed by atoms with Crippen LogP contribution in [0.1, 0.15) is 47.9 Å². The molecule has 0 saturated carbocycles. The van der Waals surface area contributed by atoms with Gasteiger partial charge in [-0.2, -0.15) is 0 Å². The van der Waals surface area contributed by atoms with Gasteiger partial charge in [-0.05, 0) is 80.2 Å². The molecule has 0 bridgehead atoms. The molecule has 8 heteroatoms. The highest BCUT2D eigenvalue weighted by Gasteiger charge is 2.33. The van der Waals surface area contributed by atoms with Gasteiger partial charge in [0.2, 0.25) is 0 Å². The molecule has 2 N–H and O–H groups in total. The summed E-state index contributed by atoms with van der Waals surface area (Å²) in [5, 5.41) is 4.03. The average Bonchev–Trinajstić information content (AvgIpc) is 3.38. The van der Waals surface area contributed by atoms with E-state index >= 15 is 0 Å². The molecule has 2 fully saturated rings. The van der Waals surface area contributed by atoms with Crippen molar-refractivity contribution < 1.29 is 17.9 Å². The molecule has 2 saturated heterocycles. The minimum absolute atomic E-state index is 0.0826. The summed E-state index contributed by atoms with van der Waals surface area (Å²) in [7, 11) is -3.85. The van der Waals surface area contributed by atoms with Crippen molar-refractivity contribution in [2.45, 2.75) is 63.5 Å². The molecular weight excluding hydrogens is 402 g/mol. The Morgan fingerprint density at radius 1 is 1.07 bits per heavy atom. The van der Waals surface area contributed by atoms with Crippen LogP contribution in [0.5, 0.6) is 0 Å². The van der Waals surface area contributed by atoms with Crippen molar-refractivity contribution in [3.63, 3.8) is 0 Å². The second-order valence-corrected chi connectivity index (χ2v) is 10.4. The molecule has 0 spiro atoms. The average molecular weight is 432 g/mol. The van der Waals surface area contributed by atoms with Crippen LogP contribution in [0.15, 0.2) is 17.6 Å². The fraction of sp³-hybridized carbons (Fsp3) is 0.591. The first-order valence-electron chi connectivity index (χ1n) is 11.0. The third-order valence-corrected chi connectivity index (χ3v) is 7.84. The molecule has 4 aliphatic rings. The van der Waals surface area contributed by atoms with Gasteiger partial charge < -0.3 is 10.1 Å². The van der Waals surface area contributed by atoms with Crippen LogP contribution in [0.2, 0.25) is 0 Å². The maximum absolute atomic E-state index is 12.6. The molecule has 162 valence electrons. The molecule has 2 heterocycles. The summed E-state index contributed by atoms with van der Waals surface area (Å²) in [5.41, 5.74) is 5.82. The summed E-state index contributed by atoms with van der Waals surface area (Å²) >= 11 is 0. The fourth-order valence-corrected chi connectivity index (χ4v) is 6.12. The number of nitrogens with zero attached hydrogens (tertiary/aromatic N) is 1. The number of urea groups is 1. The Kier molecular flexibility index (Phi) is 5.33. The van der Waals surface area contributed by atoms with Crippen molar-refractivity contribution in [1.82, 2.24) is 9.62 Å². The number of ether oxygens (including phenoxy) is 1. The number of carbonyl (C=O) groups is 1. The maximum atomic E-state index is 12.6. The van der Waals surface area contributed by atoms with E-state index in [0.717, 1.165) is 69.0 Å². The van der Waals surface area contributed by atoms with Crippen molar-refractivity contribution in [1.29, 1.82) is 0 Å². The van der Waals surface area contributed by atoms with E-state index in [9.17, 15) is 13.2 Å². The number of anilines is 1. The molecule has 2 aliphatic heterocycles. The number of amides is 2. The Labute approximate surface area is 177 Å². The summed E-state index contributed by atoms with van der Waals surface area (Å²) in [6.45, 7) is 2.38. The van der Waals surface area contributed by atoms with Crippen molar-refractivity contribution in [3.05, 3.63) is 39.8 Å². The lowest BCUT2D eigenvalue weighted by Gasteiger charge is -2.37. The third kappa shape index (κ3) is 3.88. The van der Waals surface area contributed by atoms with Gasteiger partial charge in [-0.25, -0.2) is 17.9 Å². The van der Waals surface area contributed by atoms with E-state index < -0.39 is 16.1 Å². The van der Waals surface area contributed by atoms with E-state index in [0.29, 0.717) is 19.3 Å². The molecule has 2 aliphatic carbocycles. The third-order valence-electron chi connectivity index (χ3n) is 6.86. The van der Waals surface area contributed by atoms with Crippen LogP contribution < -0.4 is 10.0 Å². The number of fused-ring (bicyclic) bond motifs is 2. The minimum atomic E-state index is -3.85. The van der Waals surface area contributed by atoms with Crippen LogP contribution in [-0.2, 0) is 40.4 Å². The van der Waals surface area contributed by atoms with Crippen LogP contribution in [0, 0.1) is 0 Å². The minimum Gasteiger partial charge on any atom is -0.378 e. The number of carbonyl (C=O) groups excluding carboxylic acids is 1. The Hall–Kier alpha value is -1.90. The van der Waals surface area contributed by atoms with E-state index in [-0.39, 0.29) is 6.04 Å². The van der Waals surface area contributed by atoms with Gasteiger partial charge in [-0.3, -0.25) is 4.90 Å². The van der Waals surface area contributed by atoms with Crippen LogP contribution in [-0.4, -0.2) is 51.2 Å². The van der Waals surface area contributed by atoms with E-state index in [1.54, 1.807) is 6.08 Å². The number of nitrogens with one attached hydrogen (secondary N) is 2.